The molecule has 6 nitrogen and oxygen atoms in total. The van der Waals surface area contributed by atoms with Gasteiger partial charge in [-0.3, -0.25) is 9.79 Å². The number of carbonyl (C=O) groups is 1. The van der Waals surface area contributed by atoms with Gasteiger partial charge in [0.15, 0.2) is 5.96 Å². The molecule has 0 heterocycles. The minimum absolute atomic E-state index is 0.0690. The summed E-state index contributed by atoms with van der Waals surface area (Å²) in [4.78, 5) is 14.6. The Morgan fingerprint density at radius 1 is 1.50 bits per heavy atom. The molecule has 0 unspecified atom stereocenters. The van der Waals surface area contributed by atoms with Crippen LogP contribution in [0.1, 0.15) is 19.3 Å². The molecule has 0 aromatic rings. The molecule has 0 fully saturated rings. The Bertz CT molecular complexity index is 249. The summed E-state index contributed by atoms with van der Waals surface area (Å²) in [5, 5.41) is 11.7. The van der Waals surface area contributed by atoms with Gasteiger partial charge in [-0.25, -0.2) is 0 Å². The third-order valence-corrected chi connectivity index (χ3v) is 2.00. The van der Waals surface area contributed by atoms with Crippen molar-refractivity contribution in [1.82, 2.24) is 5.32 Å². The third-order valence-electron chi connectivity index (χ3n) is 2.00. The summed E-state index contributed by atoms with van der Waals surface area (Å²) < 4.78 is 0. The number of rotatable bonds is 9. The van der Waals surface area contributed by atoms with E-state index in [9.17, 15) is 4.79 Å². The van der Waals surface area contributed by atoms with E-state index in [1.54, 1.807) is 6.08 Å². The molecule has 0 aliphatic rings. The third kappa shape index (κ3) is 7.81. The fourth-order valence-corrected chi connectivity index (χ4v) is 1.21. The Morgan fingerprint density at radius 2 is 2.19 bits per heavy atom. The molecule has 6 N–H and O–H groups in total. The van der Waals surface area contributed by atoms with Gasteiger partial charge in [0.25, 0.3) is 0 Å². The molecule has 6 heteroatoms. The predicted octanol–water partition coefficient (Wildman–Crippen LogP) is -0.341. The SMILES string of the molecule is C=CCN[C@@H](CCCCN=C(N)N)C(=O)O. The van der Waals surface area contributed by atoms with Crippen molar-refractivity contribution in [3.05, 3.63) is 12.7 Å². The van der Waals surface area contributed by atoms with Crippen molar-refractivity contribution in [3.63, 3.8) is 0 Å². The highest BCUT2D eigenvalue weighted by atomic mass is 16.4. The molecule has 0 amide bonds. The lowest BCUT2D eigenvalue weighted by Gasteiger charge is -2.12. The van der Waals surface area contributed by atoms with Crippen LogP contribution in [0.25, 0.3) is 0 Å². The quantitative estimate of drug-likeness (QED) is 0.186. The van der Waals surface area contributed by atoms with Crippen molar-refractivity contribution >= 4 is 11.9 Å². The second-order valence-corrected chi connectivity index (χ2v) is 3.39. The molecule has 0 rings (SSSR count). The fourth-order valence-electron chi connectivity index (χ4n) is 1.21. The Morgan fingerprint density at radius 3 is 2.69 bits per heavy atom. The van der Waals surface area contributed by atoms with Gasteiger partial charge < -0.3 is 21.9 Å². The number of hydrogen-bond donors (Lipinski definition) is 4. The number of aliphatic imine (C=N–C) groups is 1. The number of guanidine groups is 1. The average molecular weight is 228 g/mol. The average Bonchev–Trinajstić information content (AvgIpc) is 2.21. The van der Waals surface area contributed by atoms with Gasteiger partial charge in [-0.15, -0.1) is 6.58 Å². The van der Waals surface area contributed by atoms with Gasteiger partial charge >= 0.3 is 5.97 Å². The lowest BCUT2D eigenvalue weighted by atomic mass is 10.1. The fraction of sp³-hybridized carbons (Fsp3) is 0.600. The van der Waals surface area contributed by atoms with E-state index in [1.807, 2.05) is 0 Å². The smallest absolute Gasteiger partial charge is 0.320 e. The molecule has 0 bridgehead atoms. The van der Waals surface area contributed by atoms with Gasteiger partial charge in [0.1, 0.15) is 6.04 Å². The van der Waals surface area contributed by atoms with Crippen LogP contribution in [0.15, 0.2) is 17.6 Å². The van der Waals surface area contributed by atoms with Crippen LogP contribution in [0.3, 0.4) is 0 Å². The number of hydrogen-bond acceptors (Lipinski definition) is 3. The van der Waals surface area contributed by atoms with Gasteiger partial charge in [0, 0.05) is 13.1 Å². The maximum atomic E-state index is 10.8. The Kier molecular flexibility index (Phi) is 7.87. The molecule has 0 saturated carbocycles. The van der Waals surface area contributed by atoms with Crippen LogP contribution in [0.2, 0.25) is 0 Å². The van der Waals surface area contributed by atoms with Gasteiger partial charge in [0.05, 0.1) is 0 Å². The zero-order valence-corrected chi connectivity index (χ0v) is 9.35. The van der Waals surface area contributed by atoms with Crippen LogP contribution in [0.4, 0.5) is 0 Å². The zero-order chi connectivity index (χ0) is 12.4. The first kappa shape index (κ1) is 14.4. The number of nitrogens with zero attached hydrogens (tertiary/aromatic N) is 1. The monoisotopic (exact) mass is 228 g/mol. The molecule has 16 heavy (non-hydrogen) atoms. The molecule has 0 aliphatic heterocycles. The normalized spacial score (nSPS) is 11.8. The van der Waals surface area contributed by atoms with Crippen LogP contribution < -0.4 is 16.8 Å². The molecule has 0 saturated heterocycles. The van der Waals surface area contributed by atoms with E-state index in [1.165, 1.54) is 0 Å². The van der Waals surface area contributed by atoms with E-state index >= 15 is 0 Å². The maximum absolute atomic E-state index is 10.8. The molecule has 92 valence electrons. The summed E-state index contributed by atoms with van der Waals surface area (Å²) in [6, 6.07) is -0.530. The number of unbranched alkanes of at least 4 members (excludes halogenated alkanes) is 1. The molecule has 0 aromatic heterocycles. The number of nitrogens with two attached hydrogens (primary N) is 2. The van der Waals surface area contributed by atoms with Crippen molar-refractivity contribution in [2.45, 2.75) is 25.3 Å². The molecular weight excluding hydrogens is 208 g/mol. The van der Waals surface area contributed by atoms with E-state index in [2.05, 4.69) is 16.9 Å². The molecule has 0 radical (unpaired) electrons. The van der Waals surface area contributed by atoms with E-state index in [0.717, 1.165) is 12.8 Å². The molecule has 0 aromatic carbocycles. The van der Waals surface area contributed by atoms with Crippen LogP contribution in [-0.2, 0) is 4.79 Å². The Hall–Kier alpha value is -1.56. The van der Waals surface area contributed by atoms with E-state index in [0.29, 0.717) is 19.5 Å². The predicted molar refractivity (Wildman–Crippen MR) is 64.2 cm³/mol. The lowest BCUT2D eigenvalue weighted by molar-refractivity contribution is -0.139. The van der Waals surface area contributed by atoms with E-state index in [-0.39, 0.29) is 5.96 Å². The number of nitrogens with one attached hydrogen (secondary N) is 1. The van der Waals surface area contributed by atoms with E-state index < -0.39 is 12.0 Å². The summed E-state index contributed by atoms with van der Waals surface area (Å²) in [6.07, 6.45) is 3.73. The molecule has 0 spiro atoms. The second-order valence-electron chi connectivity index (χ2n) is 3.39. The number of carboxylic acid groups (broad SMARTS) is 1. The first-order chi connectivity index (χ1) is 7.57. The van der Waals surface area contributed by atoms with Crippen LogP contribution in [0, 0.1) is 0 Å². The topological polar surface area (TPSA) is 114 Å². The first-order valence-electron chi connectivity index (χ1n) is 5.20. The zero-order valence-electron chi connectivity index (χ0n) is 9.35. The van der Waals surface area contributed by atoms with Crippen molar-refractivity contribution in [3.8, 4) is 0 Å². The summed E-state index contributed by atoms with van der Waals surface area (Å²) in [7, 11) is 0. The number of carboxylic acids is 1. The van der Waals surface area contributed by atoms with Crippen LogP contribution >= 0.6 is 0 Å². The summed E-state index contributed by atoms with van der Waals surface area (Å²) in [6.45, 7) is 4.55. The maximum Gasteiger partial charge on any atom is 0.320 e. The van der Waals surface area contributed by atoms with Gasteiger partial charge in [-0.2, -0.15) is 0 Å². The van der Waals surface area contributed by atoms with Crippen molar-refractivity contribution < 1.29 is 9.90 Å². The van der Waals surface area contributed by atoms with Gasteiger partial charge in [-0.05, 0) is 19.3 Å². The Labute approximate surface area is 95.4 Å². The highest BCUT2D eigenvalue weighted by molar-refractivity contribution is 5.75. The van der Waals surface area contributed by atoms with Crippen molar-refractivity contribution in [2.75, 3.05) is 13.1 Å². The number of aliphatic carboxylic acids is 1. The summed E-state index contributed by atoms with van der Waals surface area (Å²) in [5.74, 6) is -0.775. The van der Waals surface area contributed by atoms with E-state index in [4.69, 9.17) is 16.6 Å². The molecule has 1 atom stereocenters. The van der Waals surface area contributed by atoms with Gasteiger partial charge in [-0.1, -0.05) is 6.08 Å². The van der Waals surface area contributed by atoms with Crippen molar-refractivity contribution in [2.24, 2.45) is 16.5 Å². The van der Waals surface area contributed by atoms with Gasteiger partial charge in [0.2, 0.25) is 0 Å². The highest BCUT2D eigenvalue weighted by Crippen LogP contribution is 2.01. The Balaban J connectivity index is 3.72. The standard InChI is InChI=1S/C10H20N4O2/c1-2-6-13-8(9(15)16)5-3-4-7-14-10(11)12/h2,8,13H,1,3-7H2,(H,15,16)(H4,11,12,14)/t8-/m0/s1. The van der Waals surface area contributed by atoms with Crippen LogP contribution in [-0.4, -0.2) is 36.2 Å². The molecule has 0 aliphatic carbocycles. The minimum atomic E-state index is -0.844. The van der Waals surface area contributed by atoms with Crippen molar-refractivity contribution in [1.29, 1.82) is 0 Å². The first-order valence-corrected chi connectivity index (χ1v) is 5.20. The largest absolute Gasteiger partial charge is 0.480 e. The second kappa shape index (κ2) is 8.72. The summed E-state index contributed by atoms with van der Waals surface area (Å²) >= 11 is 0. The lowest BCUT2D eigenvalue weighted by Crippen LogP contribution is -2.36. The molecular formula is C10H20N4O2. The minimum Gasteiger partial charge on any atom is -0.480 e. The summed E-state index contributed by atoms with van der Waals surface area (Å²) in [5.41, 5.74) is 10.3. The van der Waals surface area contributed by atoms with Crippen LogP contribution in [0.5, 0.6) is 0 Å². The highest BCUT2D eigenvalue weighted by Gasteiger charge is 2.14.